The quantitative estimate of drug-likeness (QED) is 0.660. The first kappa shape index (κ1) is 13.4. The monoisotopic (exact) mass is 290 g/mol. The van der Waals surface area contributed by atoms with Crippen LogP contribution in [-0.4, -0.2) is 4.98 Å². The Bertz CT molecular complexity index is 812. The van der Waals surface area contributed by atoms with Gasteiger partial charge >= 0.3 is 0 Å². The van der Waals surface area contributed by atoms with Crippen molar-refractivity contribution in [1.29, 1.82) is 0 Å². The van der Waals surface area contributed by atoms with Gasteiger partial charge in [0.1, 0.15) is 0 Å². The maximum atomic E-state index is 3.71. The van der Waals surface area contributed by atoms with Crippen LogP contribution in [0.25, 0.3) is 10.9 Å². The number of benzene rings is 2. The third-order valence-corrected chi connectivity index (χ3v) is 4.76. The third-order valence-electron chi connectivity index (χ3n) is 4.76. The molecule has 2 N–H and O–H groups in total. The Morgan fingerprint density at radius 2 is 1.77 bits per heavy atom. The lowest BCUT2D eigenvalue weighted by molar-refractivity contribution is 0.593. The van der Waals surface area contributed by atoms with Crippen LogP contribution in [0.1, 0.15) is 41.3 Å². The number of hydrogen-bond acceptors (Lipinski definition) is 1. The van der Waals surface area contributed by atoms with E-state index in [0.29, 0.717) is 6.04 Å². The molecular formula is C20H22N2. The van der Waals surface area contributed by atoms with Gasteiger partial charge in [0, 0.05) is 22.3 Å². The number of anilines is 1. The van der Waals surface area contributed by atoms with Crippen LogP contribution in [0.15, 0.2) is 42.5 Å². The molecular weight excluding hydrogens is 268 g/mol. The van der Waals surface area contributed by atoms with Crippen LogP contribution in [0.2, 0.25) is 0 Å². The number of rotatable bonds is 2. The molecule has 2 nitrogen and oxygen atoms in total. The largest absolute Gasteiger partial charge is 0.377 e. The van der Waals surface area contributed by atoms with Crippen LogP contribution in [0, 0.1) is 13.8 Å². The van der Waals surface area contributed by atoms with E-state index in [2.05, 4.69) is 66.6 Å². The first-order chi connectivity index (χ1) is 10.7. The van der Waals surface area contributed by atoms with Gasteiger partial charge < -0.3 is 10.3 Å². The zero-order chi connectivity index (χ0) is 15.1. The predicted octanol–water partition coefficient (Wildman–Crippen LogP) is 5.27. The lowest BCUT2D eigenvalue weighted by atomic mass is 9.91. The first-order valence-corrected chi connectivity index (χ1v) is 8.15. The lowest BCUT2D eigenvalue weighted by Crippen LogP contribution is -2.17. The van der Waals surface area contributed by atoms with Crippen molar-refractivity contribution in [2.24, 2.45) is 0 Å². The van der Waals surface area contributed by atoms with Crippen molar-refractivity contribution >= 4 is 16.6 Å². The Balaban J connectivity index is 1.72. The first-order valence-electron chi connectivity index (χ1n) is 8.15. The second kappa shape index (κ2) is 5.20. The van der Waals surface area contributed by atoms with Crippen LogP contribution >= 0.6 is 0 Å². The molecule has 0 radical (unpaired) electrons. The molecule has 112 valence electrons. The van der Waals surface area contributed by atoms with Gasteiger partial charge in [-0.15, -0.1) is 0 Å². The summed E-state index contributed by atoms with van der Waals surface area (Å²) in [4.78, 5) is 3.66. The molecule has 0 fully saturated rings. The standard InChI is InChI=1S/C20H22N2/c1-13-6-9-15(10-7-13)21-19-5-3-4-16-17-12-14(2)8-11-18(17)22-20(16)19/h6-12,19,21-22H,3-5H2,1-2H3. The van der Waals surface area contributed by atoms with Gasteiger partial charge in [-0.3, -0.25) is 0 Å². The van der Waals surface area contributed by atoms with Crippen molar-refractivity contribution in [2.45, 2.75) is 39.2 Å². The Labute approximate surface area is 131 Å². The molecule has 0 aliphatic heterocycles. The Morgan fingerprint density at radius 3 is 2.59 bits per heavy atom. The molecule has 1 atom stereocenters. The van der Waals surface area contributed by atoms with Crippen molar-refractivity contribution in [2.75, 3.05) is 5.32 Å². The number of hydrogen-bond donors (Lipinski definition) is 2. The van der Waals surface area contributed by atoms with Gasteiger partial charge in [0.2, 0.25) is 0 Å². The van der Waals surface area contributed by atoms with Gasteiger partial charge in [0.05, 0.1) is 6.04 Å². The number of nitrogens with one attached hydrogen (secondary N) is 2. The highest BCUT2D eigenvalue weighted by Gasteiger charge is 2.24. The molecule has 2 aromatic carbocycles. The minimum Gasteiger partial charge on any atom is -0.377 e. The predicted molar refractivity (Wildman–Crippen MR) is 93.5 cm³/mol. The molecule has 4 rings (SSSR count). The molecule has 0 saturated heterocycles. The topological polar surface area (TPSA) is 27.8 Å². The minimum atomic E-state index is 0.388. The highest BCUT2D eigenvalue weighted by atomic mass is 15.0. The molecule has 0 bridgehead atoms. The summed E-state index contributed by atoms with van der Waals surface area (Å²) in [5.41, 5.74) is 8.01. The molecule has 3 aromatic rings. The summed E-state index contributed by atoms with van der Waals surface area (Å²) in [6, 6.07) is 15.8. The fourth-order valence-corrected chi connectivity index (χ4v) is 3.57. The van der Waals surface area contributed by atoms with Crippen molar-refractivity contribution in [3.05, 3.63) is 64.8 Å². The number of aromatic nitrogens is 1. The average molecular weight is 290 g/mol. The van der Waals surface area contributed by atoms with Crippen molar-refractivity contribution in [3.63, 3.8) is 0 Å². The van der Waals surface area contributed by atoms with Crippen LogP contribution in [0.3, 0.4) is 0 Å². The van der Waals surface area contributed by atoms with E-state index in [1.807, 2.05) is 0 Å². The average Bonchev–Trinajstić information content (AvgIpc) is 2.89. The molecule has 2 heteroatoms. The maximum absolute atomic E-state index is 3.71. The number of H-pyrrole nitrogens is 1. The SMILES string of the molecule is Cc1ccc(NC2CCCc3c2[nH]c2ccc(C)cc32)cc1. The maximum Gasteiger partial charge on any atom is 0.0666 e. The van der Waals surface area contributed by atoms with Gasteiger partial charge in [0.15, 0.2) is 0 Å². The van der Waals surface area contributed by atoms with E-state index >= 15 is 0 Å². The molecule has 1 aromatic heterocycles. The van der Waals surface area contributed by atoms with E-state index in [-0.39, 0.29) is 0 Å². The molecule has 1 aliphatic carbocycles. The molecule has 1 aliphatic rings. The van der Waals surface area contributed by atoms with E-state index in [1.54, 1.807) is 0 Å². The smallest absolute Gasteiger partial charge is 0.0666 e. The second-order valence-corrected chi connectivity index (χ2v) is 6.52. The van der Waals surface area contributed by atoms with E-state index in [0.717, 1.165) is 0 Å². The van der Waals surface area contributed by atoms with Gasteiger partial charge in [0.25, 0.3) is 0 Å². The highest BCUT2D eigenvalue weighted by molar-refractivity contribution is 5.86. The summed E-state index contributed by atoms with van der Waals surface area (Å²) in [6.45, 7) is 4.30. The molecule has 1 heterocycles. The molecule has 0 saturated carbocycles. The summed E-state index contributed by atoms with van der Waals surface area (Å²) in [5, 5.41) is 5.12. The van der Waals surface area contributed by atoms with Gasteiger partial charge in [-0.05, 0) is 62.9 Å². The molecule has 0 amide bonds. The summed E-state index contributed by atoms with van der Waals surface area (Å²) in [7, 11) is 0. The van der Waals surface area contributed by atoms with Gasteiger partial charge in [-0.25, -0.2) is 0 Å². The number of aryl methyl sites for hydroxylation is 3. The Morgan fingerprint density at radius 1 is 1.00 bits per heavy atom. The van der Waals surface area contributed by atoms with Crippen LogP contribution in [0.5, 0.6) is 0 Å². The van der Waals surface area contributed by atoms with Crippen LogP contribution in [-0.2, 0) is 6.42 Å². The van der Waals surface area contributed by atoms with E-state index in [1.165, 1.54) is 58.2 Å². The lowest BCUT2D eigenvalue weighted by Gasteiger charge is -2.25. The van der Waals surface area contributed by atoms with Crippen molar-refractivity contribution in [3.8, 4) is 0 Å². The molecule has 22 heavy (non-hydrogen) atoms. The number of aromatic amines is 1. The molecule has 0 spiro atoms. The van der Waals surface area contributed by atoms with Gasteiger partial charge in [-0.1, -0.05) is 29.3 Å². The van der Waals surface area contributed by atoms with Crippen LogP contribution in [0.4, 0.5) is 5.69 Å². The van der Waals surface area contributed by atoms with E-state index in [4.69, 9.17) is 0 Å². The summed E-state index contributed by atoms with van der Waals surface area (Å²) >= 11 is 0. The van der Waals surface area contributed by atoms with E-state index < -0.39 is 0 Å². The third kappa shape index (κ3) is 2.29. The Kier molecular flexibility index (Phi) is 3.18. The molecule has 1 unspecified atom stereocenters. The summed E-state index contributed by atoms with van der Waals surface area (Å²) in [6.07, 6.45) is 3.62. The fourth-order valence-electron chi connectivity index (χ4n) is 3.57. The van der Waals surface area contributed by atoms with Gasteiger partial charge in [-0.2, -0.15) is 0 Å². The van der Waals surface area contributed by atoms with Crippen molar-refractivity contribution in [1.82, 2.24) is 4.98 Å². The van der Waals surface area contributed by atoms with Crippen molar-refractivity contribution < 1.29 is 0 Å². The minimum absolute atomic E-state index is 0.388. The summed E-state index contributed by atoms with van der Waals surface area (Å²) < 4.78 is 0. The van der Waals surface area contributed by atoms with E-state index in [9.17, 15) is 0 Å². The normalized spacial score (nSPS) is 17.5. The van der Waals surface area contributed by atoms with Crippen LogP contribution < -0.4 is 5.32 Å². The number of fused-ring (bicyclic) bond motifs is 3. The zero-order valence-corrected chi connectivity index (χ0v) is 13.2. The fraction of sp³-hybridized carbons (Fsp3) is 0.300. The second-order valence-electron chi connectivity index (χ2n) is 6.52. The zero-order valence-electron chi connectivity index (χ0n) is 13.2. The Hall–Kier alpha value is -2.22. The highest BCUT2D eigenvalue weighted by Crippen LogP contribution is 2.36. The summed E-state index contributed by atoms with van der Waals surface area (Å²) in [5.74, 6) is 0.